The Bertz CT molecular complexity index is 949. The van der Waals surface area contributed by atoms with Crippen molar-refractivity contribution in [3.63, 3.8) is 0 Å². The Labute approximate surface area is 142 Å². The summed E-state index contributed by atoms with van der Waals surface area (Å²) in [5.41, 5.74) is 4.07. The molecule has 3 nitrogen and oxygen atoms in total. The van der Waals surface area contributed by atoms with E-state index in [1.807, 2.05) is 36.4 Å². The maximum absolute atomic E-state index is 13.0. The second-order valence-corrected chi connectivity index (χ2v) is 6.87. The topological polar surface area (TPSA) is 42.0 Å². The van der Waals surface area contributed by atoms with E-state index >= 15 is 0 Å². The van der Waals surface area contributed by atoms with Crippen LogP contribution in [0.15, 0.2) is 49.0 Å². The van der Waals surface area contributed by atoms with Crippen molar-refractivity contribution < 1.29 is 9.18 Å². The molecule has 1 aliphatic rings. The lowest BCUT2D eigenvalue weighted by molar-refractivity contribution is -0.117. The first-order valence-electron chi connectivity index (χ1n) is 7.73. The van der Waals surface area contributed by atoms with Crippen molar-refractivity contribution in [2.24, 2.45) is 5.92 Å². The van der Waals surface area contributed by atoms with Crippen molar-refractivity contribution in [2.45, 2.75) is 12.6 Å². The Balaban J connectivity index is 1.66. The molecule has 3 aromatic rings. The number of amides is 1. The van der Waals surface area contributed by atoms with Crippen LogP contribution in [0.25, 0.3) is 27.4 Å². The molecule has 2 unspecified atom stereocenters. The van der Waals surface area contributed by atoms with Gasteiger partial charge in [-0.15, -0.1) is 0 Å². The minimum absolute atomic E-state index is 0.279. The Morgan fingerprint density at radius 2 is 2.12 bits per heavy atom. The lowest BCUT2D eigenvalue weighted by Crippen LogP contribution is -2.14. The number of nitrogens with zero attached hydrogens (tertiary/aromatic N) is 1. The molecule has 1 amide bonds. The number of nitrogens with one attached hydrogen (secondary N) is 1. The molecule has 1 fully saturated rings. The maximum Gasteiger partial charge on any atom is 0.232 e. The third-order valence-electron chi connectivity index (χ3n) is 4.16. The molecule has 0 aliphatic heterocycles. The first-order chi connectivity index (χ1) is 11.7. The largest absolute Gasteiger partial charge is 0.302 e. The summed E-state index contributed by atoms with van der Waals surface area (Å²) in [5.74, 6) is -0.786. The summed E-state index contributed by atoms with van der Waals surface area (Å²) >= 11 is 1.40. The van der Waals surface area contributed by atoms with Crippen LogP contribution in [0.4, 0.5) is 9.52 Å². The zero-order chi connectivity index (χ0) is 16.7. The van der Waals surface area contributed by atoms with Crippen molar-refractivity contribution in [2.75, 3.05) is 5.32 Å². The smallest absolute Gasteiger partial charge is 0.232 e. The first kappa shape index (κ1) is 15.0. The highest BCUT2D eigenvalue weighted by molar-refractivity contribution is 7.22. The summed E-state index contributed by atoms with van der Waals surface area (Å²) in [5, 5.41) is 3.23. The van der Waals surface area contributed by atoms with Gasteiger partial charge in [0.15, 0.2) is 5.13 Å². The van der Waals surface area contributed by atoms with Crippen LogP contribution in [-0.2, 0) is 4.79 Å². The lowest BCUT2D eigenvalue weighted by atomic mass is 10.00. The van der Waals surface area contributed by atoms with Crippen molar-refractivity contribution in [3.05, 3.63) is 54.6 Å². The van der Waals surface area contributed by atoms with E-state index < -0.39 is 12.1 Å². The summed E-state index contributed by atoms with van der Waals surface area (Å²) in [7, 11) is 0. The highest BCUT2D eigenvalue weighted by Gasteiger charge is 2.43. The quantitative estimate of drug-likeness (QED) is 0.735. The van der Waals surface area contributed by atoms with Gasteiger partial charge in [-0.3, -0.25) is 4.79 Å². The molecular weight excluding hydrogens is 323 g/mol. The van der Waals surface area contributed by atoms with Crippen molar-refractivity contribution >= 4 is 38.7 Å². The van der Waals surface area contributed by atoms with Crippen LogP contribution in [0.2, 0.25) is 0 Å². The molecule has 0 bridgehead atoms. The molecule has 1 N–H and O–H groups in total. The Kier molecular flexibility index (Phi) is 3.65. The van der Waals surface area contributed by atoms with Gasteiger partial charge in [-0.2, -0.15) is 0 Å². The van der Waals surface area contributed by atoms with Gasteiger partial charge in [-0.25, -0.2) is 9.37 Å². The molecule has 0 spiro atoms. The number of halogens is 1. The van der Waals surface area contributed by atoms with Crippen LogP contribution >= 0.6 is 11.3 Å². The predicted octanol–water partition coefficient (Wildman–Crippen LogP) is 4.90. The van der Waals surface area contributed by atoms with Crippen LogP contribution in [0.5, 0.6) is 0 Å². The van der Waals surface area contributed by atoms with Gasteiger partial charge in [0.2, 0.25) is 5.91 Å². The second-order valence-electron chi connectivity index (χ2n) is 5.84. The number of benzene rings is 2. The van der Waals surface area contributed by atoms with E-state index in [4.69, 9.17) is 0 Å². The van der Waals surface area contributed by atoms with E-state index in [0.29, 0.717) is 11.6 Å². The molecule has 1 heterocycles. The average molecular weight is 338 g/mol. The molecule has 1 aromatic heterocycles. The number of alkyl halides is 1. The van der Waals surface area contributed by atoms with Gasteiger partial charge in [0.05, 0.1) is 16.1 Å². The van der Waals surface area contributed by atoms with Gasteiger partial charge in [-0.1, -0.05) is 54.3 Å². The van der Waals surface area contributed by atoms with Crippen LogP contribution in [0.1, 0.15) is 12.0 Å². The molecule has 1 aliphatic carbocycles. The van der Waals surface area contributed by atoms with Gasteiger partial charge in [0.25, 0.3) is 0 Å². The average Bonchev–Trinajstić information content (AvgIpc) is 3.20. The highest BCUT2D eigenvalue weighted by atomic mass is 32.1. The van der Waals surface area contributed by atoms with Gasteiger partial charge in [-0.05, 0) is 35.2 Å². The summed E-state index contributed by atoms with van der Waals surface area (Å²) in [6.45, 7) is 3.86. The number of hydrogen-bond acceptors (Lipinski definition) is 3. The standard InChI is InChI=1S/C19H15FN2OS/c1-2-11-5-3-4-6-13(11)12-7-8-16-17(9-12)24-19(21-16)22-18(23)14-10-15(14)20/h2-9,14-15H,1,10H2,(H,21,22,23). The fraction of sp³-hybridized carbons (Fsp3) is 0.158. The summed E-state index contributed by atoms with van der Waals surface area (Å²) in [6, 6.07) is 14.0. The maximum atomic E-state index is 13.0. The van der Waals surface area contributed by atoms with Crippen LogP contribution in [-0.4, -0.2) is 17.1 Å². The predicted molar refractivity (Wildman–Crippen MR) is 96.8 cm³/mol. The fourth-order valence-corrected chi connectivity index (χ4v) is 3.62. The molecule has 0 saturated heterocycles. The molecule has 4 rings (SSSR count). The van der Waals surface area contributed by atoms with E-state index in [9.17, 15) is 9.18 Å². The minimum atomic E-state index is -0.999. The molecule has 120 valence electrons. The molecular formula is C19H15FN2OS. The number of fused-ring (bicyclic) bond motifs is 1. The first-order valence-corrected chi connectivity index (χ1v) is 8.55. The monoisotopic (exact) mass is 338 g/mol. The van der Waals surface area contributed by atoms with Crippen molar-refractivity contribution in [3.8, 4) is 11.1 Å². The third-order valence-corrected chi connectivity index (χ3v) is 5.09. The molecule has 2 atom stereocenters. The highest BCUT2D eigenvalue weighted by Crippen LogP contribution is 2.36. The fourth-order valence-electron chi connectivity index (χ4n) is 2.72. The number of rotatable bonds is 4. The van der Waals surface area contributed by atoms with E-state index in [1.54, 1.807) is 0 Å². The van der Waals surface area contributed by atoms with E-state index in [-0.39, 0.29) is 5.91 Å². The Morgan fingerprint density at radius 3 is 2.88 bits per heavy atom. The van der Waals surface area contributed by atoms with E-state index in [2.05, 4.69) is 29.0 Å². The van der Waals surface area contributed by atoms with E-state index in [0.717, 1.165) is 26.9 Å². The van der Waals surface area contributed by atoms with E-state index in [1.165, 1.54) is 11.3 Å². The third kappa shape index (κ3) is 2.71. The molecule has 5 heteroatoms. The summed E-state index contributed by atoms with van der Waals surface area (Å²) in [4.78, 5) is 16.2. The zero-order valence-corrected chi connectivity index (χ0v) is 13.6. The van der Waals surface area contributed by atoms with Gasteiger partial charge >= 0.3 is 0 Å². The summed E-state index contributed by atoms with van der Waals surface area (Å²) < 4.78 is 13.9. The van der Waals surface area contributed by atoms with Gasteiger partial charge in [0.1, 0.15) is 6.17 Å². The normalized spacial score (nSPS) is 19.2. The van der Waals surface area contributed by atoms with Gasteiger partial charge in [0, 0.05) is 0 Å². The number of aromatic nitrogens is 1. The number of thiazole rings is 1. The van der Waals surface area contributed by atoms with Crippen LogP contribution in [0, 0.1) is 5.92 Å². The molecule has 2 aromatic carbocycles. The molecule has 1 saturated carbocycles. The second kappa shape index (κ2) is 5.83. The molecule has 0 radical (unpaired) electrons. The lowest BCUT2D eigenvalue weighted by Gasteiger charge is -2.05. The van der Waals surface area contributed by atoms with Crippen molar-refractivity contribution in [1.82, 2.24) is 4.98 Å². The van der Waals surface area contributed by atoms with Crippen molar-refractivity contribution in [1.29, 1.82) is 0 Å². The summed E-state index contributed by atoms with van der Waals surface area (Å²) in [6.07, 6.45) is 1.15. The van der Waals surface area contributed by atoms with Crippen LogP contribution < -0.4 is 5.32 Å². The Hall–Kier alpha value is -2.53. The SMILES string of the molecule is C=Cc1ccccc1-c1ccc2nc(NC(=O)C3CC3F)sc2c1. The molecule has 24 heavy (non-hydrogen) atoms. The minimum Gasteiger partial charge on any atom is -0.302 e. The zero-order valence-electron chi connectivity index (χ0n) is 12.8. The van der Waals surface area contributed by atoms with Gasteiger partial charge < -0.3 is 5.32 Å². The number of hydrogen-bond donors (Lipinski definition) is 1. The number of anilines is 1. The Morgan fingerprint density at radius 1 is 1.33 bits per heavy atom. The number of carbonyl (C=O) groups is 1. The number of carbonyl (C=O) groups excluding carboxylic acids is 1. The van der Waals surface area contributed by atoms with Crippen LogP contribution in [0.3, 0.4) is 0 Å².